The molecule has 1 N–H and O–H groups in total. The maximum absolute atomic E-state index is 5.45. The summed E-state index contributed by atoms with van der Waals surface area (Å²) in [6.07, 6.45) is 5.50. The Morgan fingerprint density at radius 1 is 1.42 bits per heavy atom. The maximum Gasteiger partial charge on any atom is 0.171 e. The van der Waals surface area contributed by atoms with E-state index in [1.807, 2.05) is 18.3 Å². The summed E-state index contributed by atoms with van der Waals surface area (Å²) in [5.74, 6) is 2.63. The number of hydrogen-bond donors (Lipinski definition) is 1. The Morgan fingerprint density at radius 3 is 2.89 bits per heavy atom. The van der Waals surface area contributed by atoms with Crippen LogP contribution in [0.2, 0.25) is 0 Å². The Kier molecular flexibility index (Phi) is 5.45. The van der Waals surface area contributed by atoms with Crippen molar-refractivity contribution in [2.45, 2.75) is 26.2 Å². The number of nitrogens with one attached hydrogen (secondary N) is 1. The first-order valence-corrected chi connectivity index (χ1v) is 7.29. The molecular weight excluding hydrogens is 238 g/mol. The Labute approximate surface area is 116 Å². The maximum atomic E-state index is 5.45. The zero-order valence-corrected chi connectivity index (χ0v) is 12.1. The number of ether oxygens (including phenoxy) is 1. The lowest BCUT2D eigenvalue weighted by atomic mass is 9.97. The van der Waals surface area contributed by atoms with Gasteiger partial charge in [-0.3, -0.25) is 0 Å². The Balaban J connectivity index is 2.09. The van der Waals surface area contributed by atoms with Crippen molar-refractivity contribution in [3.8, 4) is 5.75 Å². The van der Waals surface area contributed by atoms with Gasteiger partial charge >= 0.3 is 0 Å². The van der Waals surface area contributed by atoms with Crippen LogP contribution in [0.25, 0.3) is 0 Å². The summed E-state index contributed by atoms with van der Waals surface area (Å²) in [7, 11) is 1.72. The van der Waals surface area contributed by atoms with Gasteiger partial charge in [-0.2, -0.15) is 0 Å². The normalized spacial score (nSPS) is 16.3. The summed E-state index contributed by atoms with van der Waals surface area (Å²) in [4.78, 5) is 6.90. The minimum Gasteiger partial charge on any atom is -0.493 e. The van der Waals surface area contributed by atoms with Crippen LogP contribution in [0.1, 0.15) is 26.2 Å². The first-order chi connectivity index (χ1) is 9.35. The van der Waals surface area contributed by atoms with Crippen molar-refractivity contribution in [1.29, 1.82) is 0 Å². The molecule has 1 saturated heterocycles. The smallest absolute Gasteiger partial charge is 0.171 e. The molecule has 1 aromatic heterocycles. The van der Waals surface area contributed by atoms with E-state index in [9.17, 15) is 0 Å². The van der Waals surface area contributed by atoms with Gasteiger partial charge in [-0.05, 0) is 50.4 Å². The van der Waals surface area contributed by atoms with Crippen LogP contribution in [0, 0.1) is 5.92 Å². The molecule has 4 nitrogen and oxygen atoms in total. The highest BCUT2D eigenvalue weighted by molar-refractivity contribution is 5.52. The highest BCUT2D eigenvalue weighted by atomic mass is 16.5. The predicted octanol–water partition coefficient (Wildman–Crippen LogP) is 2.31. The van der Waals surface area contributed by atoms with Gasteiger partial charge in [0.1, 0.15) is 0 Å². The van der Waals surface area contributed by atoms with Crippen LogP contribution in [-0.4, -0.2) is 38.3 Å². The number of hydrogen-bond acceptors (Lipinski definition) is 4. The number of anilines is 1. The number of piperidine rings is 1. The van der Waals surface area contributed by atoms with Crippen molar-refractivity contribution in [3.05, 3.63) is 18.3 Å². The van der Waals surface area contributed by atoms with Gasteiger partial charge in [0.25, 0.3) is 0 Å². The standard InChI is InChI=1S/C15H25N3O/c1-3-11-18(12-13-6-9-16-10-7-13)15-14(19-2)5-4-8-17-15/h4-5,8,13,16H,3,6-7,9-12H2,1-2H3. The van der Waals surface area contributed by atoms with Gasteiger partial charge in [-0.15, -0.1) is 0 Å². The molecule has 0 unspecified atom stereocenters. The van der Waals surface area contributed by atoms with E-state index < -0.39 is 0 Å². The molecule has 0 atom stereocenters. The van der Waals surface area contributed by atoms with Gasteiger partial charge < -0.3 is 15.0 Å². The zero-order chi connectivity index (χ0) is 13.5. The summed E-state index contributed by atoms with van der Waals surface area (Å²) < 4.78 is 5.45. The number of rotatable bonds is 6. The molecular formula is C15H25N3O. The monoisotopic (exact) mass is 263 g/mol. The third-order valence-electron chi connectivity index (χ3n) is 3.70. The number of aromatic nitrogens is 1. The van der Waals surface area contributed by atoms with Crippen LogP contribution in [0.15, 0.2) is 18.3 Å². The molecule has 0 radical (unpaired) electrons. The molecule has 1 aromatic rings. The van der Waals surface area contributed by atoms with Crippen molar-refractivity contribution in [2.24, 2.45) is 5.92 Å². The second-order valence-electron chi connectivity index (χ2n) is 5.17. The summed E-state index contributed by atoms with van der Waals surface area (Å²) in [6, 6.07) is 3.92. The molecule has 2 rings (SSSR count). The Morgan fingerprint density at radius 2 is 2.21 bits per heavy atom. The summed E-state index contributed by atoms with van der Waals surface area (Å²) in [5, 5.41) is 3.42. The summed E-state index contributed by atoms with van der Waals surface area (Å²) in [6.45, 7) is 6.62. The highest BCUT2D eigenvalue weighted by Gasteiger charge is 2.19. The lowest BCUT2D eigenvalue weighted by Gasteiger charge is -2.31. The predicted molar refractivity (Wildman–Crippen MR) is 78.9 cm³/mol. The van der Waals surface area contributed by atoms with Crippen LogP contribution in [0.5, 0.6) is 5.75 Å². The van der Waals surface area contributed by atoms with Gasteiger partial charge in [0, 0.05) is 19.3 Å². The second kappa shape index (κ2) is 7.34. The van der Waals surface area contributed by atoms with Gasteiger partial charge in [-0.25, -0.2) is 4.98 Å². The van der Waals surface area contributed by atoms with Crippen molar-refractivity contribution >= 4 is 5.82 Å². The van der Waals surface area contributed by atoms with Crippen LogP contribution >= 0.6 is 0 Å². The average molecular weight is 263 g/mol. The quantitative estimate of drug-likeness (QED) is 0.854. The van der Waals surface area contributed by atoms with Crippen molar-refractivity contribution in [1.82, 2.24) is 10.3 Å². The van der Waals surface area contributed by atoms with Gasteiger partial charge in [-0.1, -0.05) is 6.92 Å². The molecule has 0 aromatic carbocycles. The van der Waals surface area contributed by atoms with Crippen LogP contribution in [-0.2, 0) is 0 Å². The fourth-order valence-corrected chi connectivity index (χ4v) is 2.71. The SMILES string of the molecule is CCCN(CC1CCNCC1)c1ncccc1OC. The molecule has 1 aliphatic heterocycles. The average Bonchev–Trinajstić information content (AvgIpc) is 2.48. The van der Waals surface area contributed by atoms with E-state index in [1.54, 1.807) is 7.11 Å². The molecule has 106 valence electrons. The zero-order valence-electron chi connectivity index (χ0n) is 12.1. The molecule has 4 heteroatoms. The molecule has 0 aliphatic carbocycles. The van der Waals surface area contributed by atoms with Gasteiger partial charge in [0.15, 0.2) is 11.6 Å². The number of nitrogens with zero attached hydrogens (tertiary/aromatic N) is 2. The molecule has 2 heterocycles. The van der Waals surface area contributed by atoms with E-state index >= 15 is 0 Å². The van der Waals surface area contributed by atoms with Gasteiger partial charge in [0.05, 0.1) is 7.11 Å². The van der Waals surface area contributed by atoms with Crippen LogP contribution in [0.3, 0.4) is 0 Å². The highest BCUT2D eigenvalue weighted by Crippen LogP contribution is 2.27. The minimum absolute atomic E-state index is 0.763. The third-order valence-corrected chi connectivity index (χ3v) is 3.70. The molecule has 0 amide bonds. The Hall–Kier alpha value is -1.29. The third kappa shape index (κ3) is 3.83. The number of methoxy groups -OCH3 is 1. The van der Waals surface area contributed by atoms with Crippen LogP contribution in [0.4, 0.5) is 5.82 Å². The molecule has 0 saturated carbocycles. The Bertz CT molecular complexity index is 377. The summed E-state index contributed by atoms with van der Waals surface area (Å²) >= 11 is 0. The number of pyridine rings is 1. The molecule has 1 fully saturated rings. The van der Waals surface area contributed by atoms with Crippen LogP contribution < -0.4 is 15.0 Å². The first-order valence-electron chi connectivity index (χ1n) is 7.29. The molecule has 0 spiro atoms. The van der Waals surface area contributed by atoms with E-state index in [1.165, 1.54) is 12.8 Å². The van der Waals surface area contributed by atoms with E-state index in [-0.39, 0.29) is 0 Å². The van der Waals surface area contributed by atoms with Crippen molar-refractivity contribution < 1.29 is 4.74 Å². The minimum atomic E-state index is 0.763. The molecule has 0 bridgehead atoms. The molecule has 1 aliphatic rings. The lowest BCUT2D eigenvalue weighted by molar-refractivity contribution is 0.369. The van der Waals surface area contributed by atoms with E-state index in [0.717, 1.165) is 50.1 Å². The van der Waals surface area contributed by atoms with E-state index in [0.29, 0.717) is 0 Å². The van der Waals surface area contributed by atoms with Crippen molar-refractivity contribution in [3.63, 3.8) is 0 Å². The summed E-state index contributed by atoms with van der Waals surface area (Å²) in [5.41, 5.74) is 0. The topological polar surface area (TPSA) is 37.4 Å². The second-order valence-corrected chi connectivity index (χ2v) is 5.17. The van der Waals surface area contributed by atoms with Crippen molar-refractivity contribution in [2.75, 3.05) is 38.2 Å². The van der Waals surface area contributed by atoms with E-state index in [4.69, 9.17) is 4.74 Å². The largest absolute Gasteiger partial charge is 0.493 e. The first kappa shape index (κ1) is 14.1. The fraction of sp³-hybridized carbons (Fsp3) is 0.667. The van der Waals surface area contributed by atoms with E-state index in [2.05, 4.69) is 22.1 Å². The lowest BCUT2D eigenvalue weighted by Crippen LogP contribution is -2.37. The van der Waals surface area contributed by atoms with Gasteiger partial charge in [0.2, 0.25) is 0 Å². The fourth-order valence-electron chi connectivity index (χ4n) is 2.71. The molecule has 19 heavy (non-hydrogen) atoms.